The summed E-state index contributed by atoms with van der Waals surface area (Å²) in [5.74, 6) is 3.40. The molecule has 1 aliphatic heterocycles. The van der Waals surface area contributed by atoms with Crippen LogP contribution in [0.15, 0.2) is 0 Å². The summed E-state index contributed by atoms with van der Waals surface area (Å²) in [4.78, 5) is 2.65. The molecule has 100 valence electrons. The van der Waals surface area contributed by atoms with Gasteiger partial charge in [-0.1, -0.05) is 20.8 Å². The summed E-state index contributed by atoms with van der Waals surface area (Å²) in [6.45, 7) is 11.0. The monoisotopic (exact) mass is 238 g/mol. The molecule has 2 N–H and O–H groups in total. The molecule has 0 aromatic rings. The first kappa shape index (κ1) is 13.4. The number of hydrogen-bond acceptors (Lipinski definition) is 2. The lowest BCUT2D eigenvalue weighted by Crippen LogP contribution is -2.43. The molecule has 1 saturated heterocycles. The topological polar surface area (TPSA) is 29.3 Å². The Morgan fingerprint density at radius 3 is 2.59 bits per heavy atom. The summed E-state index contributed by atoms with van der Waals surface area (Å²) in [6, 6.07) is 0.459. The SMILES string of the molecule is CC1CCN(CC2CC(C(C)C)CCC2N)C1. The van der Waals surface area contributed by atoms with Gasteiger partial charge in [-0.05, 0) is 55.9 Å². The van der Waals surface area contributed by atoms with E-state index in [0.29, 0.717) is 6.04 Å². The Labute approximate surface area is 107 Å². The van der Waals surface area contributed by atoms with Crippen LogP contribution in [-0.2, 0) is 0 Å². The van der Waals surface area contributed by atoms with Crippen LogP contribution in [0.2, 0.25) is 0 Å². The second-order valence-electron chi connectivity index (χ2n) is 6.89. The molecule has 2 aliphatic rings. The lowest BCUT2D eigenvalue weighted by Gasteiger charge is -2.38. The van der Waals surface area contributed by atoms with Crippen molar-refractivity contribution in [3.05, 3.63) is 0 Å². The van der Waals surface area contributed by atoms with Crippen molar-refractivity contribution in [2.75, 3.05) is 19.6 Å². The minimum absolute atomic E-state index is 0.459. The molecule has 2 rings (SSSR count). The van der Waals surface area contributed by atoms with E-state index in [0.717, 1.165) is 23.7 Å². The van der Waals surface area contributed by atoms with Crippen molar-refractivity contribution in [1.29, 1.82) is 0 Å². The second-order valence-corrected chi connectivity index (χ2v) is 6.89. The van der Waals surface area contributed by atoms with Gasteiger partial charge in [-0.3, -0.25) is 0 Å². The van der Waals surface area contributed by atoms with Gasteiger partial charge in [-0.15, -0.1) is 0 Å². The zero-order valence-corrected chi connectivity index (χ0v) is 11.9. The maximum absolute atomic E-state index is 6.33. The Morgan fingerprint density at radius 2 is 2.00 bits per heavy atom. The fourth-order valence-corrected chi connectivity index (χ4v) is 3.66. The van der Waals surface area contributed by atoms with Crippen molar-refractivity contribution >= 4 is 0 Å². The molecule has 0 aromatic carbocycles. The fourth-order valence-electron chi connectivity index (χ4n) is 3.66. The molecular formula is C15H30N2. The van der Waals surface area contributed by atoms with Crippen LogP contribution in [0.5, 0.6) is 0 Å². The van der Waals surface area contributed by atoms with E-state index in [-0.39, 0.29) is 0 Å². The van der Waals surface area contributed by atoms with Crippen LogP contribution in [0, 0.1) is 23.7 Å². The van der Waals surface area contributed by atoms with Gasteiger partial charge in [0.1, 0.15) is 0 Å². The Kier molecular flexibility index (Phi) is 4.48. The molecule has 0 aromatic heterocycles. The summed E-state index contributed by atoms with van der Waals surface area (Å²) in [6.07, 6.45) is 5.35. The lowest BCUT2D eigenvalue weighted by atomic mass is 9.74. The van der Waals surface area contributed by atoms with Crippen molar-refractivity contribution in [1.82, 2.24) is 4.90 Å². The highest BCUT2D eigenvalue weighted by Crippen LogP contribution is 2.34. The van der Waals surface area contributed by atoms with E-state index in [2.05, 4.69) is 25.7 Å². The van der Waals surface area contributed by atoms with Crippen molar-refractivity contribution in [3.8, 4) is 0 Å². The molecule has 1 heterocycles. The molecule has 17 heavy (non-hydrogen) atoms. The number of nitrogens with zero attached hydrogens (tertiary/aromatic N) is 1. The van der Waals surface area contributed by atoms with Crippen LogP contribution in [0.3, 0.4) is 0 Å². The lowest BCUT2D eigenvalue weighted by molar-refractivity contribution is 0.148. The van der Waals surface area contributed by atoms with Gasteiger partial charge in [0.15, 0.2) is 0 Å². The highest BCUT2D eigenvalue weighted by atomic mass is 15.1. The van der Waals surface area contributed by atoms with E-state index in [4.69, 9.17) is 5.73 Å². The number of rotatable bonds is 3. The van der Waals surface area contributed by atoms with Gasteiger partial charge < -0.3 is 10.6 Å². The van der Waals surface area contributed by atoms with Crippen molar-refractivity contribution in [3.63, 3.8) is 0 Å². The molecule has 4 unspecified atom stereocenters. The third-order valence-corrected chi connectivity index (χ3v) is 5.03. The van der Waals surface area contributed by atoms with Crippen LogP contribution < -0.4 is 5.73 Å². The third kappa shape index (κ3) is 3.45. The van der Waals surface area contributed by atoms with E-state index in [1.54, 1.807) is 0 Å². The first-order valence-electron chi connectivity index (χ1n) is 7.54. The molecular weight excluding hydrogens is 208 g/mol. The summed E-state index contributed by atoms with van der Waals surface area (Å²) in [5.41, 5.74) is 6.33. The second kappa shape index (κ2) is 5.71. The normalized spacial score (nSPS) is 40.1. The van der Waals surface area contributed by atoms with Crippen LogP contribution >= 0.6 is 0 Å². The van der Waals surface area contributed by atoms with E-state index in [1.807, 2.05) is 0 Å². The summed E-state index contributed by atoms with van der Waals surface area (Å²) in [7, 11) is 0. The Hall–Kier alpha value is -0.0800. The van der Waals surface area contributed by atoms with Crippen LogP contribution in [-0.4, -0.2) is 30.6 Å². The Balaban J connectivity index is 1.85. The molecule has 0 spiro atoms. The number of nitrogens with two attached hydrogens (primary N) is 1. The molecule has 2 fully saturated rings. The highest BCUT2D eigenvalue weighted by Gasteiger charge is 2.32. The largest absolute Gasteiger partial charge is 0.327 e. The van der Waals surface area contributed by atoms with Gasteiger partial charge in [0.2, 0.25) is 0 Å². The molecule has 0 amide bonds. The van der Waals surface area contributed by atoms with Crippen molar-refractivity contribution in [2.45, 2.75) is 52.5 Å². The zero-order valence-electron chi connectivity index (χ0n) is 11.9. The maximum Gasteiger partial charge on any atom is 0.00795 e. The summed E-state index contributed by atoms with van der Waals surface area (Å²) >= 11 is 0. The van der Waals surface area contributed by atoms with Crippen molar-refractivity contribution in [2.24, 2.45) is 29.4 Å². The number of likely N-dealkylation sites (tertiary alicyclic amines) is 1. The minimum Gasteiger partial charge on any atom is -0.327 e. The van der Waals surface area contributed by atoms with E-state index in [9.17, 15) is 0 Å². The first-order chi connectivity index (χ1) is 8.06. The highest BCUT2D eigenvalue weighted by molar-refractivity contribution is 4.87. The number of hydrogen-bond donors (Lipinski definition) is 1. The van der Waals surface area contributed by atoms with Crippen LogP contribution in [0.1, 0.15) is 46.5 Å². The Bertz CT molecular complexity index is 239. The molecule has 0 radical (unpaired) electrons. The first-order valence-corrected chi connectivity index (χ1v) is 7.54. The minimum atomic E-state index is 0.459. The third-order valence-electron chi connectivity index (χ3n) is 5.03. The summed E-state index contributed by atoms with van der Waals surface area (Å²) in [5, 5.41) is 0. The molecule has 4 atom stereocenters. The fraction of sp³-hybridized carbons (Fsp3) is 1.00. The predicted molar refractivity (Wildman–Crippen MR) is 73.9 cm³/mol. The molecule has 1 aliphatic carbocycles. The van der Waals surface area contributed by atoms with Crippen molar-refractivity contribution < 1.29 is 0 Å². The van der Waals surface area contributed by atoms with E-state index < -0.39 is 0 Å². The van der Waals surface area contributed by atoms with Crippen LogP contribution in [0.4, 0.5) is 0 Å². The molecule has 2 nitrogen and oxygen atoms in total. The predicted octanol–water partition coefficient (Wildman–Crippen LogP) is 2.73. The average molecular weight is 238 g/mol. The zero-order chi connectivity index (χ0) is 12.4. The van der Waals surface area contributed by atoms with Gasteiger partial charge in [0.05, 0.1) is 0 Å². The van der Waals surface area contributed by atoms with Gasteiger partial charge in [0.25, 0.3) is 0 Å². The van der Waals surface area contributed by atoms with Gasteiger partial charge in [-0.2, -0.15) is 0 Å². The Morgan fingerprint density at radius 1 is 1.24 bits per heavy atom. The van der Waals surface area contributed by atoms with Gasteiger partial charge in [-0.25, -0.2) is 0 Å². The molecule has 0 bridgehead atoms. The van der Waals surface area contributed by atoms with Gasteiger partial charge >= 0.3 is 0 Å². The standard InChI is InChI=1S/C15H30N2/c1-11(2)13-4-5-15(16)14(8-13)10-17-7-6-12(3)9-17/h11-15H,4-10,16H2,1-3H3. The molecule has 2 heteroatoms. The quantitative estimate of drug-likeness (QED) is 0.819. The smallest absolute Gasteiger partial charge is 0.00795 e. The van der Waals surface area contributed by atoms with E-state index >= 15 is 0 Å². The van der Waals surface area contributed by atoms with Crippen LogP contribution in [0.25, 0.3) is 0 Å². The summed E-state index contributed by atoms with van der Waals surface area (Å²) < 4.78 is 0. The average Bonchev–Trinajstić information content (AvgIpc) is 2.67. The maximum atomic E-state index is 6.33. The molecule has 1 saturated carbocycles. The van der Waals surface area contributed by atoms with E-state index in [1.165, 1.54) is 45.3 Å². The van der Waals surface area contributed by atoms with Gasteiger partial charge in [0, 0.05) is 19.1 Å².